The van der Waals surface area contributed by atoms with Gasteiger partial charge in [-0.2, -0.15) is 0 Å². The number of hydrogen-bond donors (Lipinski definition) is 2. The maximum Gasteiger partial charge on any atom is 0.320 e. The number of sulfone groups is 1. The Labute approximate surface area is 144 Å². The van der Waals surface area contributed by atoms with Crippen LogP contribution >= 0.6 is 0 Å². The molecule has 0 spiro atoms. The molecular weight excluding hydrogens is 328 g/mol. The van der Waals surface area contributed by atoms with Crippen LogP contribution in [0.3, 0.4) is 0 Å². The van der Waals surface area contributed by atoms with Gasteiger partial charge in [0.25, 0.3) is 0 Å². The van der Waals surface area contributed by atoms with Gasteiger partial charge in [0.1, 0.15) is 0 Å². The third kappa shape index (κ3) is 3.94. The highest BCUT2D eigenvalue weighted by Gasteiger charge is 2.28. The van der Waals surface area contributed by atoms with Gasteiger partial charge in [0.05, 0.1) is 10.6 Å². The quantitative estimate of drug-likeness (QED) is 0.865. The number of benzene rings is 1. The predicted octanol–water partition coefficient (Wildman–Crippen LogP) is 2.69. The van der Waals surface area contributed by atoms with E-state index in [0.29, 0.717) is 17.4 Å². The average molecular weight is 352 g/mol. The zero-order valence-corrected chi connectivity index (χ0v) is 14.4. The number of carbonyl (C=O) groups excluding carboxylic acids is 1. The molecule has 1 heterocycles. The van der Waals surface area contributed by atoms with Crippen LogP contribution in [0.15, 0.2) is 41.4 Å². The lowest BCUT2D eigenvalue weighted by molar-refractivity contribution is 0.248. The van der Waals surface area contributed by atoms with Crippen LogP contribution in [0, 0.1) is 5.92 Å². The van der Waals surface area contributed by atoms with Gasteiger partial charge in [-0.25, -0.2) is 17.9 Å². The van der Waals surface area contributed by atoms with E-state index >= 15 is 0 Å². The zero-order chi connectivity index (χ0) is 17.3. The SMILES string of the molecule is C[C@H](NC(=O)Nc1ccn(-c2cccc(S(C)(=O)=O)c2)n1)C1CC1.[HH].[HH]. The molecule has 0 bridgehead atoms. The normalized spacial score (nSPS) is 15.8. The Morgan fingerprint density at radius 2 is 2.12 bits per heavy atom. The highest BCUT2D eigenvalue weighted by molar-refractivity contribution is 7.90. The van der Waals surface area contributed by atoms with Crippen molar-refractivity contribution >= 4 is 21.7 Å². The van der Waals surface area contributed by atoms with Crippen LogP contribution < -0.4 is 10.6 Å². The van der Waals surface area contributed by atoms with Crippen LogP contribution in [0.2, 0.25) is 0 Å². The molecule has 0 saturated heterocycles. The Bertz CT molecular complexity index is 866. The van der Waals surface area contributed by atoms with E-state index in [0.717, 1.165) is 19.1 Å². The molecule has 1 saturated carbocycles. The summed E-state index contributed by atoms with van der Waals surface area (Å²) < 4.78 is 24.8. The van der Waals surface area contributed by atoms with Crippen molar-refractivity contribution in [2.75, 3.05) is 11.6 Å². The van der Waals surface area contributed by atoms with Gasteiger partial charge in [0, 0.05) is 27.4 Å². The van der Waals surface area contributed by atoms with Crippen LogP contribution in [-0.2, 0) is 9.84 Å². The molecule has 7 nitrogen and oxygen atoms in total. The summed E-state index contributed by atoms with van der Waals surface area (Å²) in [5.41, 5.74) is 0.609. The van der Waals surface area contributed by atoms with E-state index < -0.39 is 9.84 Å². The van der Waals surface area contributed by atoms with Gasteiger partial charge >= 0.3 is 6.03 Å². The van der Waals surface area contributed by atoms with Crippen molar-refractivity contribution in [3.8, 4) is 5.69 Å². The number of carbonyl (C=O) groups is 1. The lowest BCUT2D eigenvalue weighted by atomic mass is 10.2. The van der Waals surface area contributed by atoms with Crippen molar-refractivity contribution in [3.63, 3.8) is 0 Å². The standard InChI is InChI=1S/C16H20N4O3S.2H2/c1-11(12-6-7-12)17-16(21)18-15-8-9-20(19-15)13-4-3-5-14(10-13)24(2,22)23;;/h3-5,8-12H,6-7H2,1-2H3,(H2,17,18,19,21);2*1H/t11-;;/m0../s1. The molecule has 0 unspecified atom stereocenters. The van der Waals surface area contributed by atoms with Crippen molar-refractivity contribution in [1.82, 2.24) is 15.1 Å². The van der Waals surface area contributed by atoms with Crippen LogP contribution in [0.25, 0.3) is 5.69 Å². The number of nitrogens with zero attached hydrogens (tertiary/aromatic N) is 2. The van der Waals surface area contributed by atoms with E-state index in [9.17, 15) is 13.2 Å². The average Bonchev–Trinajstić information content (AvgIpc) is 3.27. The molecule has 132 valence electrons. The molecule has 24 heavy (non-hydrogen) atoms. The maximum atomic E-state index is 11.9. The molecular formula is C16H24N4O3S. The Hall–Kier alpha value is -2.35. The van der Waals surface area contributed by atoms with Crippen LogP contribution in [0.1, 0.15) is 22.6 Å². The second-order valence-corrected chi connectivity index (χ2v) is 8.16. The summed E-state index contributed by atoms with van der Waals surface area (Å²) in [5, 5.41) is 9.84. The van der Waals surface area contributed by atoms with Gasteiger partial charge in [-0.3, -0.25) is 5.32 Å². The third-order valence-corrected chi connectivity index (χ3v) is 5.14. The highest BCUT2D eigenvalue weighted by atomic mass is 32.2. The second-order valence-electron chi connectivity index (χ2n) is 6.14. The molecule has 0 aliphatic heterocycles. The summed E-state index contributed by atoms with van der Waals surface area (Å²) in [7, 11) is -3.28. The van der Waals surface area contributed by atoms with E-state index in [1.54, 1.807) is 30.5 Å². The van der Waals surface area contributed by atoms with Gasteiger partial charge in [0.15, 0.2) is 15.7 Å². The van der Waals surface area contributed by atoms with Crippen LogP contribution in [0.5, 0.6) is 0 Å². The lowest BCUT2D eigenvalue weighted by Gasteiger charge is -2.12. The van der Waals surface area contributed by atoms with E-state index in [-0.39, 0.29) is 19.8 Å². The number of nitrogens with one attached hydrogen (secondary N) is 2. The van der Waals surface area contributed by atoms with Gasteiger partial charge in [0.2, 0.25) is 0 Å². The van der Waals surface area contributed by atoms with Gasteiger partial charge in [-0.05, 0) is 43.9 Å². The van der Waals surface area contributed by atoms with E-state index in [4.69, 9.17) is 0 Å². The topological polar surface area (TPSA) is 93.1 Å². The first kappa shape index (κ1) is 16.5. The molecule has 3 rings (SSSR count). The fourth-order valence-corrected chi connectivity index (χ4v) is 3.12. The minimum atomic E-state index is -3.28. The summed E-state index contributed by atoms with van der Waals surface area (Å²) in [6, 6.07) is 8.01. The molecule has 2 aromatic rings. The zero-order valence-electron chi connectivity index (χ0n) is 13.6. The number of anilines is 1. The Balaban J connectivity index is 0.00000169. The number of hydrogen-bond acceptors (Lipinski definition) is 4. The Morgan fingerprint density at radius 1 is 1.38 bits per heavy atom. The molecule has 0 radical (unpaired) electrons. The lowest BCUT2D eigenvalue weighted by Crippen LogP contribution is -2.37. The Morgan fingerprint density at radius 3 is 2.79 bits per heavy atom. The summed E-state index contributed by atoms with van der Waals surface area (Å²) >= 11 is 0. The summed E-state index contributed by atoms with van der Waals surface area (Å²) in [4.78, 5) is 12.2. The molecule has 8 heteroatoms. The van der Waals surface area contributed by atoms with Crippen LogP contribution in [-0.4, -0.2) is 36.5 Å². The summed E-state index contributed by atoms with van der Waals surface area (Å²) in [6.45, 7) is 1.99. The van der Waals surface area contributed by atoms with Gasteiger partial charge in [-0.1, -0.05) is 6.07 Å². The molecule has 1 fully saturated rings. The molecule has 1 aliphatic rings. The number of urea groups is 1. The van der Waals surface area contributed by atoms with Crippen molar-refractivity contribution < 1.29 is 16.1 Å². The number of rotatable bonds is 5. The van der Waals surface area contributed by atoms with Crippen molar-refractivity contribution in [3.05, 3.63) is 36.5 Å². The van der Waals surface area contributed by atoms with Crippen molar-refractivity contribution in [2.24, 2.45) is 5.92 Å². The van der Waals surface area contributed by atoms with E-state index in [1.165, 1.54) is 10.7 Å². The summed E-state index contributed by atoms with van der Waals surface area (Å²) in [6.07, 6.45) is 5.15. The first-order valence-corrected chi connectivity index (χ1v) is 9.66. The van der Waals surface area contributed by atoms with E-state index in [2.05, 4.69) is 15.7 Å². The molecule has 1 aliphatic carbocycles. The Kier molecular flexibility index (Phi) is 4.31. The minimum Gasteiger partial charge on any atom is -0.335 e. The predicted molar refractivity (Wildman–Crippen MR) is 95.2 cm³/mol. The van der Waals surface area contributed by atoms with Crippen molar-refractivity contribution in [1.29, 1.82) is 0 Å². The second kappa shape index (κ2) is 6.27. The highest BCUT2D eigenvalue weighted by Crippen LogP contribution is 2.32. The van der Waals surface area contributed by atoms with Crippen molar-refractivity contribution in [2.45, 2.75) is 30.7 Å². The smallest absolute Gasteiger partial charge is 0.320 e. The maximum absolute atomic E-state index is 11.9. The number of amides is 2. The molecule has 1 aromatic carbocycles. The third-order valence-electron chi connectivity index (χ3n) is 4.03. The van der Waals surface area contributed by atoms with E-state index in [1.807, 2.05) is 6.92 Å². The minimum absolute atomic E-state index is 0. The summed E-state index contributed by atoms with van der Waals surface area (Å²) in [5.74, 6) is 0.979. The first-order chi connectivity index (χ1) is 11.3. The monoisotopic (exact) mass is 352 g/mol. The molecule has 1 atom stereocenters. The van der Waals surface area contributed by atoms with Gasteiger partial charge < -0.3 is 5.32 Å². The van der Waals surface area contributed by atoms with Crippen LogP contribution in [0.4, 0.5) is 10.6 Å². The number of aromatic nitrogens is 2. The molecule has 2 amide bonds. The fraction of sp³-hybridized carbons (Fsp3) is 0.375. The molecule has 1 aromatic heterocycles. The van der Waals surface area contributed by atoms with Gasteiger partial charge in [-0.15, -0.1) is 5.10 Å². The fourth-order valence-electron chi connectivity index (χ4n) is 2.46. The first-order valence-electron chi connectivity index (χ1n) is 7.76. The largest absolute Gasteiger partial charge is 0.335 e. The molecule has 2 N–H and O–H groups in total.